The van der Waals surface area contributed by atoms with Crippen molar-refractivity contribution in [2.45, 2.75) is 17.9 Å². The van der Waals surface area contributed by atoms with Gasteiger partial charge in [-0.2, -0.15) is 0 Å². The van der Waals surface area contributed by atoms with Crippen LogP contribution in [0.5, 0.6) is 0 Å². The zero-order chi connectivity index (χ0) is 15.2. The summed E-state index contributed by atoms with van der Waals surface area (Å²) in [6.45, 7) is 1.94. The van der Waals surface area contributed by atoms with Gasteiger partial charge < -0.3 is 5.32 Å². The molecule has 0 radical (unpaired) electrons. The smallest absolute Gasteiger partial charge is 0.230 e. The molecule has 5 heteroatoms. The van der Waals surface area contributed by atoms with Crippen LogP contribution in [0, 0.1) is 5.82 Å². The van der Waals surface area contributed by atoms with Gasteiger partial charge in [0, 0.05) is 4.90 Å². The van der Waals surface area contributed by atoms with Crippen LogP contribution in [0.4, 0.5) is 4.39 Å². The van der Waals surface area contributed by atoms with E-state index < -0.39 is 5.82 Å². The topological polar surface area (TPSA) is 29.1 Å². The second-order valence-corrected chi connectivity index (χ2v) is 6.02. The van der Waals surface area contributed by atoms with Crippen molar-refractivity contribution < 1.29 is 9.18 Å². The first-order valence-corrected chi connectivity index (χ1v) is 7.85. The molecule has 2 aromatic rings. The number of rotatable bonds is 5. The van der Waals surface area contributed by atoms with Gasteiger partial charge in [0.05, 0.1) is 16.8 Å². The van der Waals surface area contributed by atoms with Crippen molar-refractivity contribution in [3.05, 3.63) is 64.9 Å². The van der Waals surface area contributed by atoms with Gasteiger partial charge >= 0.3 is 0 Å². The summed E-state index contributed by atoms with van der Waals surface area (Å²) in [5.41, 5.74) is 1.06. The molecule has 1 N–H and O–H groups in total. The molecule has 0 unspecified atom stereocenters. The first kappa shape index (κ1) is 15.9. The average molecular weight is 324 g/mol. The molecule has 0 fully saturated rings. The second-order valence-electron chi connectivity index (χ2n) is 4.56. The third-order valence-electron chi connectivity index (χ3n) is 2.94. The molecule has 2 rings (SSSR count). The minimum absolute atomic E-state index is 0.0453. The molecule has 2 nitrogen and oxygen atoms in total. The van der Waals surface area contributed by atoms with Crippen molar-refractivity contribution in [1.82, 2.24) is 5.32 Å². The molecule has 0 aliphatic heterocycles. The molecule has 2 aromatic carbocycles. The Kier molecular flexibility index (Phi) is 5.65. The largest absolute Gasteiger partial charge is 0.349 e. The predicted octanol–water partition coefficient (Wildman–Crippen LogP) is 4.45. The van der Waals surface area contributed by atoms with Gasteiger partial charge in [-0.15, -0.1) is 11.8 Å². The van der Waals surface area contributed by atoms with Crippen LogP contribution < -0.4 is 5.32 Å². The third-order valence-corrected chi connectivity index (χ3v) is 4.22. The Morgan fingerprint density at radius 1 is 1.29 bits per heavy atom. The van der Waals surface area contributed by atoms with E-state index in [0.717, 1.165) is 10.5 Å². The Bertz CT molecular complexity index is 621. The maximum absolute atomic E-state index is 13.0. The van der Waals surface area contributed by atoms with E-state index in [1.807, 2.05) is 37.3 Å². The molecular formula is C16H15ClFNOS. The normalized spacial score (nSPS) is 12.0. The number of hydrogen-bond donors (Lipinski definition) is 1. The van der Waals surface area contributed by atoms with Crippen molar-refractivity contribution in [1.29, 1.82) is 0 Å². The summed E-state index contributed by atoms with van der Waals surface area (Å²) < 4.78 is 13.0. The number of halogens is 2. The highest BCUT2D eigenvalue weighted by atomic mass is 35.5. The fourth-order valence-corrected chi connectivity index (χ4v) is 2.82. The zero-order valence-corrected chi connectivity index (χ0v) is 13.0. The highest BCUT2D eigenvalue weighted by molar-refractivity contribution is 8.00. The molecule has 21 heavy (non-hydrogen) atoms. The minimum Gasteiger partial charge on any atom is -0.349 e. The number of carbonyl (C=O) groups excluding carboxylic acids is 1. The maximum Gasteiger partial charge on any atom is 0.230 e. The first-order valence-electron chi connectivity index (χ1n) is 6.48. The Labute approximate surface area is 132 Å². The third kappa shape index (κ3) is 4.76. The van der Waals surface area contributed by atoms with Gasteiger partial charge in [0.25, 0.3) is 0 Å². The van der Waals surface area contributed by atoms with E-state index in [2.05, 4.69) is 5.32 Å². The number of hydrogen-bond acceptors (Lipinski definition) is 2. The van der Waals surface area contributed by atoms with Gasteiger partial charge in [0.2, 0.25) is 5.91 Å². The van der Waals surface area contributed by atoms with Crippen LogP contribution >= 0.6 is 23.4 Å². The van der Waals surface area contributed by atoms with Gasteiger partial charge in [0.15, 0.2) is 0 Å². The Hall–Kier alpha value is -1.52. The van der Waals surface area contributed by atoms with E-state index in [1.54, 1.807) is 6.07 Å². The van der Waals surface area contributed by atoms with Crippen LogP contribution in [0.1, 0.15) is 18.5 Å². The van der Waals surface area contributed by atoms with Gasteiger partial charge in [-0.1, -0.05) is 41.9 Å². The molecule has 1 atom stereocenters. The molecule has 0 heterocycles. The minimum atomic E-state index is -0.455. The van der Waals surface area contributed by atoms with Crippen LogP contribution in [-0.4, -0.2) is 11.7 Å². The molecule has 0 saturated carbocycles. The lowest BCUT2D eigenvalue weighted by Crippen LogP contribution is -2.28. The second kappa shape index (κ2) is 7.48. The van der Waals surface area contributed by atoms with E-state index >= 15 is 0 Å². The quantitative estimate of drug-likeness (QED) is 0.824. The van der Waals surface area contributed by atoms with E-state index in [4.69, 9.17) is 11.6 Å². The van der Waals surface area contributed by atoms with Crippen LogP contribution in [0.3, 0.4) is 0 Å². The molecule has 0 aromatic heterocycles. The molecule has 1 amide bonds. The molecule has 0 saturated heterocycles. The summed E-state index contributed by atoms with van der Waals surface area (Å²) in [5.74, 6) is -0.265. The van der Waals surface area contributed by atoms with Gasteiger partial charge in [-0.25, -0.2) is 4.39 Å². The number of benzene rings is 2. The van der Waals surface area contributed by atoms with Gasteiger partial charge in [-0.3, -0.25) is 4.79 Å². The standard InChI is InChI=1S/C16H15ClFNOS/c1-11(12-5-3-2-4-6-12)19-16(20)10-21-13-7-8-15(18)14(17)9-13/h2-9,11H,10H2,1H3,(H,19,20)/t11-/m0/s1. The summed E-state index contributed by atoms with van der Waals surface area (Å²) in [6.07, 6.45) is 0. The van der Waals surface area contributed by atoms with E-state index in [0.29, 0.717) is 0 Å². The number of amides is 1. The Morgan fingerprint density at radius 2 is 2.00 bits per heavy atom. The van der Waals surface area contributed by atoms with E-state index in [1.165, 1.54) is 23.9 Å². The van der Waals surface area contributed by atoms with E-state index in [-0.39, 0.29) is 22.7 Å². The summed E-state index contributed by atoms with van der Waals surface area (Å²) in [5, 5.41) is 2.99. The lowest BCUT2D eigenvalue weighted by molar-refractivity contribution is -0.119. The maximum atomic E-state index is 13.0. The summed E-state index contributed by atoms with van der Waals surface area (Å²) in [7, 11) is 0. The van der Waals surface area contributed by atoms with Crippen LogP contribution in [-0.2, 0) is 4.79 Å². The zero-order valence-electron chi connectivity index (χ0n) is 11.5. The van der Waals surface area contributed by atoms with Crippen molar-refractivity contribution in [2.75, 3.05) is 5.75 Å². The predicted molar refractivity (Wildman–Crippen MR) is 85.1 cm³/mol. The van der Waals surface area contributed by atoms with Crippen LogP contribution in [0.25, 0.3) is 0 Å². The van der Waals surface area contributed by atoms with Crippen molar-refractivity contribution in [2.24, 2.45) is 0 Å². The molecule has 0 aliphatic rings. The summed E-state index contributed by atoms with van der Waals surface area (Å²) in [6, 6.07) is 14.1. The monoisotopic (exact) mass is 323 g/mol. The molecule has 0 aliphatic carbocycles. The fourth-order valence-electron chi connectivity index (χ4n) is 1.82. The molecule has 110 valence electrons. The SMILES string of the molecule is C[C@H](NC(=O)CSc1ccc(F)c(Cl)c1)c1ccccc1. The Morgan fingerprint density at radius 3 is 2.67 bits per heavy atom. The first-order chi connectivity index (χ1) is 10.1. The van der Waals surface area contributed by atoms with E-state index in [9.17, 15) is 9.18 Å². The van der Waals surface area contributed by atoms with Crippen LogP contribution in [0.15, 0.2) is 53.4 Å². The lowest BCUT2D eigenvalue weighted by Gasteiger charge is -2.14. The molecule has 0 bridgehead atoms. The van der Waals surface area contributed by atoms with Crippen molar-refractivity contribution >= 4 is 29.3 Å². The highest BCUT2D eigenvalue weighted by Gasteiger charge is 2.10. The van der Waals surface area contributed by atoms with Crippen molar-refractivity contribution in [3.8, 4) is 0 Å². The van der Waals surface area contributed by atoms with Crippen LogP contribution in [0.2, 0.25) is 5.02 Å². The van der Waals surface area contributed by atoms with Gasteiger partial charge in [-0.05, 0) is 30.7 Å². The fraction of sp³-hybridized carbons (Fsp3) is 0.188. The lowest BCUT2D eigenvalue weighted by atomic mass is 10.1. The molecular weight excluding hydrogens is 309 g/mol. The number of nitrogens with one attached hydrogen (secondary N) is 1. The Balaban J connectivity index is 1.86. The van der Waals surface area contributed by atoms with Gasteiger partial charge in [0.1, 0.15) is 5.82 Å². The number of thioether (sulfide) groups is 1. The summed E-state index contributed by atoms with van der Waals surface area (Å²) in [4.78, 5) is 12.7. The highest BCUT2D eigenvalue weighted by Crippen LogP contribution is 2.24. The molecule has 0 spiro atoms. The average Bonchev–Trinajstić information content (AvgIpc) is 2.49. The van der Waals surface area contributed by atoms with Crippen molar-refractivity contribution in [3.63, 3.8) is 0 Å². The number of carbonyl (C=O) groups is 1. The summed E-state index contributed by atoms with van der Waals surface area (Å²) >= 11 is 7.03.